The van der Waals surface area contributed by atoms with E-state index in [0.717, 1.165) is 19.3 Å². The minimum absolute atomic E-state index is 0.00682. The predicted octanol–water partition coefficient (Wildman–Crippen LogP) is 5.70. The van der Waals surface area contributed by atoms with Crippen molar-refractivity contribution in [1.29, 1.82) is 0 Å². The number of carbonyl (C=O) groups excluding carboxylic acids is 2. The summed E-state index contributed by atoms with van der Waals surface area (Å²) in [6, 6.07) is 4.04. The van der Waals surface area contributed by atoms with Crippen LogP contribution in [0.4, 0.5) is 4.39 Å². The van der Waals surface area contributed by atoms with E-state index in [-0.39, 0.29) is 47.5 Å². The monoisotopic (exact) mass is 398 g/mol. The van der Waals surface area contributed by atoms with Crippen molar-refractivity contribution in [3.63, 3.8) is 0 Å². The highest BCUT2D eigenvalue weighted by Gasteiger charge is 2.36. The van der Waals surface area contributed by atoms with Gasteiger partial charge in [-0.05, 0) is 43.2 Å². The molecule has 0 aliphatic heterocycles. The molecule has 0 bridgehead atoms. The van der Waals surface area contributed by atoms with Crippen molar-refractivity contribution < 1.29 is 23.5 Å². The molecular weight excluding hydrogens is 371 g/mol. The maximum atomic E-state index is 13.6. The average Bonchev–Trinajstić information content (AvgIpc) is 2.58. The Morgan fingerprint density at radius 3 is 2.48 bits per heavy atom. The summed E-state index contributed by atoms with van der Waals surface area (Å²) >= 11 is 5.83. The second-order valence-electron chi connectivity index (χ2n) is 8.16. The van der Waals surface area contributed by atoms with Gasteiger partial charge in [-0.1, -0.05) is 44.9 Å². The minimum atomic E-state index is -0.694. The SMILES string of the molecule is CC(C)(C)C1CCCCC1OC(=O)CCCC(=O)Oc1c(F)cccc1Cl. The first-order valence-electron chi connectivity index (χ1n) is 9.52. The molecule has 6 heteroatoms. The Labute approximate surface area is 165 Å². The topological polar surface area (TPSA) is 52.6 Å². The Morgan fingerprint density at radius 2 is 1.81 bits per heavy atom. The van der Waals surface area contributed by atoms with Crippen LogP contribution in [0.2, 0.25) is 5.02 Å². The second kappa shape index (κ2) is 9.54. The first-order chi connectivity index (χ1) is 12.7. The minimum Gasteiger partial charge on any atom is -0.462 e. The molecule has 1 saturated carbocycles. The third kappa shape index (κ3) is 6.49. The Kier molecular flexibility index (Phi) is 7.66. The van der Waals surface area contributed by atoms with Gasteiger partial charge in [0.2, 0.25) is 0 Å². The maximum absolute atomic E-state index is 13.6. The van der Waals surface area contributed by atoms with Gasteiger partial charge in [-0.2, -0.15) is 0 Å². The highest BCUT2D eigenvalue weighted by molar-refractivity contribution is 6.32. The van der Waals surface area contributed by atoms with Gasteiger partial charge in [0, 0.05) is 18.8 Å². The van der Waals surface area contributed by atoms with Crippen LogP contribution in [0.15, 0.2) is 18.2 Å². The van der Waals surface area contributed by atoms with Gasteiger partial charge < -0.3 is 9.47 Å². The molecular formula is C21H28ClFO4. The summed E-state index contributed by atoms with van der Waals surface area (Å²) in [6.45, 7) is 6.52. The van der Waals surface area contributed by atoms with Crippen LogP contribution < -0.4 is 4.74 Å². The van der Waals surface area contributed by atoms with Crippen molar-refractivity contribution in [1.82, 2.24) is 0 Å². The standard InChI is InChI=1S/C21H28ClFO4/c1-21(2,3)14-8-4-5-11-17(14)26-18(24)12-7-13-19(25)27-20-15(22)9-6-10-16(20)23/h6,9-10,14,17H,4-5,7-8,11-13H2,1-3H3. The first-order valence-corrected chi connectivity index (χ1v) is 9.90. The Hall–Kier alpha value is -1.62. The molecule has 1 aliphatic carbocycles. The fourth-order valence-electron chi connectivity index (χ4n) is 3.58. The number of benzene rings is 1. The molecule has 4 nitrogen and oxygen atoms in total. The smallest absolute Gasteiger partial charge is 0.311 e. The highest BCUT2D eigenvalue weighted by atomic mass is 35.5. The van der Waals surface area contributed by atoms with E-state index >= 15 is 0 Å². The molecule has 0 spiro atoms. The summed E-state index contributed by atoms with van der Waals surface area (Å²) in [7, 11) is 0. The van der Waals surface area contributed by atoms with Crippen molar-refractivity contribution >= 4 is 23.5 Å². The van der Waals surface area contributed by atoms with Gasteiger partial charge in [0.15, 0.2) is 11.6 Å². The molecule has 1 aliphatic rings. The summed E-state index contributed by atoms with van der Waals surface area (Å²) in [4.78, 5) is 24.0. The van der Waals surface area contributed by atoms with Crippen molar-refractivity contribution in [3.8, 4) is 5.75 Å². The third-order valence-corrected chi connectivity index (χ3v) is 5.29. The van der Waals surface area contributed by atoms with Crippen LogP contribution in [0.1, 0.15) is 65.7 Å². The van der Waals surface area contributed by atoms with Crippen molar-refractivity contribution in [3.05, 3.63) is 29.0 Å². The van der Waals surface area contributed by atoms with E-state index in [1.165, 1.54) is 24.6 Å². The first kappa shape index (κ1) is 21.7. The molecule has 0 saturated heterocycles. The summed E-state index contributed by atoms with van der Waals surface area (Å²) < 4.78 is 24.3. The number of hydrogen-bond acceptors (Lipinski definition) is 4. The van der Waals surface area contributed by atoms with Crippen LogP contribution in [0, 0.1) is 17.2 Å². The maximum Gasteiger partial charge on any atom is 0.311 e. The van der Waals surface area contributed by atoms with E-state index in [1.807, 2.05) is 0 Å². The van der Waals surface area contributed by atoms with E-state index in [4.69, 9.17) is 21.1 Å². The fourth-order valence-corrected chi connectivity index (χ4v) is 3.78. The highest BCUT2D eigenvalue weighted by Crippen LogP contribution is 2.39. The van der Waals surface area contributed by atoms with E-state index in [0.29, 0.717) is 5.92 Å². The Bertz CT molecular complexity index is 648. The number of para-hydroxylation sites is 1. The van der Waals surface area contributed by atoms with Gasteiger partial charge in [-0.3, -0.25) is 9.59 Å². The Balaban J connectivity index is 1.77. The molecule has 2 unspecified atom stereocenters. The zero-order valence-corrected chi connectivity index (χ0v) is 17.0. The molecule has 0 aromatic heterocycles. The molecule has 0 radical (unpaired) electrons. The number of carbonyl (C=O) groups is 2. The quantitative estimate of drug-likeness (QED) is 0.455. The average molecular weight is 399 g/mol. The van der Waals surface area contributed by atoms with Crippen molar-refractivity contribution in [2.45, 2.75) is 71.8 Å². The van der Waals surface area contributed by atoms with Crippen LogP contribution in [0.3, 0.4) is 0 Å². The second-order valence-corrected chi connectivity index (χ2v) is 8.57. The van der Waals surface area contributed by atoms with Crippen molar-refractivity contribution in [2.24, 2.45) is 11.3 Å². The largest absolute Gasteiger partial charge is 0.462 e. The predicted molar refractivity (Wildman–Crippen MR) is 102 cm³/mol. The summed E-state index contributed by atoms with van der Waals surface area (Å²) in [5, 5.41) is 0.0354. The fraction of sp³-hybridized carbons (Fsp3) is 0.619. The zero-order valence-electron chi connectivity index (χ0n) is 16.2. The molecule has 0 heterocycles. The van der Waals surface area contributed by atoms with Gasteiger partial charge >= 0.3 is 11.9 Å². The molecule has 1 aromatic carbocycles. The number of rotatable bonds is 6. The van der Waals surface area contributed by atoms with Crippen LogP contribution >= 0.6 is 11.6 Å². The van der Waals surface area contributed by atoms with Crippen LogP contribution in [-0.2, 0) is 14.3 Å². The van der Waals surface area contributed by atoms with E-state index in [2.05, 4.69) is 20.8 Å². The van der Waals surface area contributed by atoms with Crippen LogP contribution in [-0.4, -0.2) is 18.0 Å². The molecule has 0 amide bonds. The van der Waals surface area contributed by atoms with Crippen LogP contribution in [0.5, 0.6) is 5.75 Å². The normalized spacial score (nSPS) is 20.2. The third-order valence-electron chi connectivity index (χ3n) is 4.99. The molecule has 1 aromatic rings. The summed E-state index contributed by atoms with van der Waals surface area (Å²) in [6.07, 6.45) is 4.55. The molecule has 0 N–H and O–H groups in total. The Morgan fingerprint density at radius 1 is 1.15 bits per heavy atom. The van der Waals surface area contributed by atoms with Gasteiger partial charge in [-0.15, -0.1) is 0 Å². The van der Waals surface area contributed by atoms with E-state index in [9.17, 15) is 14.0 Å². The summed E-state index contributed by atoms with van der Waals surface area (Å²) in [5.74, 6) is -1.54. The van der Waals surface area contributed by atoms with Gasteiger partial charge in [0.1, 0.15) is 6.10 Å². The molecule has 1 fully saturated rings. The molecule has 2 rings (SSSR count). The number of hydrogen-bond donors (Lipinski definition) is 0. The molecule has 27 heavy (non-hydrogen) atoms. The van der Waals surface area contributed by atoms with E-state index < -0.39 is 11.8 Å². The van der Waals surface area contributed by atoms with Gasteiger partial charge in [-0.25, -0.2) is 4.39 Å². The van der Waals surface area contributed by atoms with Gasteiger partial charge in [0.25, 0.3) is 0 Å². The number of esters is 2. The molecule has 2 atom stereocenters. The zero-order chi connectivity index (χ0) is 20.0. The lowest BCUT2D eigenvalue weighted by atomic mass is 9.70. The number of halogens is 2. The van der Waals surface area contributed by atoms with Crippen LogP contribution in [0.25, 0.3) is 0 Å². The van der Waals surface area contributed by atoms with E-state index in [1.54, 1.807) is 0 Å². The lowest BCUT2D eigenvalue weighted by molar-refractivity contribution is -0.156. The van der Waals surface area contributed by atoms with Gasteiger partial charge in [0.05, 0.1) is 5.02 Å². The lowest BCUT2D eigenvalue weighted by Crippen LogP contribution is -2.38. The summed E-state index contributed by atoms with van der Waals surface area (Å²) in [5.41, 5.74) is 0.0915. The van der Waals surface area contributed by atoms with Crippen molar-refractivity contribution in [2.75, 3.05) is 0 Å². The molecule has 150 valence electrons. The number of ether oxygens (including phenoxy) is 2. The lowest BCUT2D eigenvalue weighted by Gasteiger charge is -2.39.